The van der Waals surface area contributed by atoms with Crippen LogP contribution in [0, 0.1) is 0 Å². The highest BCUT2D eigenvalue weighted by Crippen LogP contribution is 2.25. The normalized spacial score (nSPS) is 10.6. The Morgan fingerprint density at radius 1 is 1.29 bits per heavy atom. The number of nitrogens with one attached hydrogen (secondary N) is 1. The number of aromatic hydroxyl groups is 1. The summed E-state index contributed by atoms with van der Waals surface area (Å²) >= 11 is 1.65. The van der Waals surface area contributed by atoms with Crippen molar-refractivity contribution >= 4 is 11.3 Å². The molecular formula is C13H16N2OS. The summed E-state index contributed by atoms with van der Waals surface area (Å²) in [5.41, 5.74) is 2.18. The van der Waals surface area contributed by atoms with Crippen molar-refractivity contribution in [3.8, 4) is 16.3 Å². The van der Waals surface area contributed by atoms with E-state index in [1.165, 1.54) is 0 Å². The van der Waals surface area contributed by atoms with Crippen LogP contribution in [0.25, 0.3) is 10.6 Å². The van der Waals surface area contributed by atoms with E-state index in [-0.39, 0.29) is 5.75 Å². The van der Waals surface area contributed by atoms with Crippen LogP contribution < -0.4 is 5.32 Å². The average molecular weight is 248 g/mol. The lowest BCUT2D eigenvalue weighted by molar-refractivity contribution is 0.475. The fourth-order valence-corrected chi connectivity index (χ4v) is 2.41. The van der Waals surface area contributed by atoms with E-state index < -0.39 is 0 Å². The molecule has 2 aromatic rings. The van der Waals surface area contributed by atoms with Gasteiger partial charge in [-0.05, 0) is 30.8 Å². The third kappa shape index (κ3) is 3.28. The van der Waals surface area contributed by atoms with Crippen molar-refractivity contribution in [1.29, 1.82) is 0 Å². The molecule has 3 nitrogen and oxygen atoms in total. The molecule has 1 aromatic heterocycles. The maximum atomic E-state index is 9.23. The molecule has 4 heteroatoms. The zero-order valence-electron chi connectivity index (χ0n) is 9.81. The van der Waals surface area contributed by atoms with Crippen LogP contribution in [0.15, 0.2) is 29.6 Å². The first-order chi connectivity index (χ1) is 8.29. The van der Waals surface area contributed by atoms with E-state index in [2.05, 4.69) is 22.6 Å². The highest BCUT2D eigenvalue weighted by molar-refractivity contribution is 7.13. The van der Waals surface area contributed by atoms with Gasteiger partial charge < -0.3 is 10.4 Å². The van der Waals surface area contributed by atoms with E-state index in [4.69, 9.17) is 0 Å². The Hall–Kier alpha value is -1.39. The van der Waals surface area contributed by atoms with Gasteiger partial charge in [0.05, 0.1) is 5.69 Å². The van der Waals surface area contributed by atoms with Gasteiger partial charge in [-0.1, -0.05) is 6.92 Å². The number of aromatic nitrogens is 1. The molecule has 17 heavy (non-hydrogen) atoms. The summed E-state index contributed by atoms with van der Waals surface area (Å²) in [6.45, 7) is 4.06. The van der Waals surface area contributed by atoms with Gasteiger partial charge in [-0.2, -0.15) is 0 Å². The summed E-state index contributed by atoms with van der Waals surface area (Å²) < 4.78 is 0. The maximum Gasteiger partial charge on any atom is 0.123 e. The summed E-state index contributed by atoms with van der Waals surface area (Å²) in [5, 5.41) is 15.6. The first-order valence-corrected chi connectivity index (χ1v) is 6.62. The number of thiazole rings is 1. The Morgan fingerprint density at radius 2 is 2.06 bits per heavy atom. The van der Waals surface area contributed by atoms with E-state index in [0.717, 1.165) is 35.8 Å². The smallest absolute Gasteiger partial charge is 0.123 e. The van der Waals surface area contributed by atoms with Crippen molar-refractivity contribution in [3.05, 3.63) is 35.3 Å². The van der Waals surface area contributed by atoms with Crippen LogP contribution in [-0.4, -0.2) is 23.2 Å². The molecule has 2 N–H and O–H groups in total. The van der Waals surface area contributed by atoms with Gasteiger partial charge in [-0.3, -0.25) is 0 Å². The molecule has 0 atom stereocenters. The van der Waals surface area contributed by atoms with E-state index >= 15 is 0 Å². The number of nitrogens with zero attached hydrogens (tertiary/aromatic N) is 1. The van der Waals surface area contributed by atoms with Crippen LogP contribution in [0.4, 0.5) is 0 Å². The molecule has 0 unspecified atom stereocenters. The van der Waals surface area contributed by atoms with Gasteiger partial charge in [0, 0.05) is 23.9 Å². The Labute approximate surface area is 105 Å². The van der Waals surface area contributed by atoms with Crippen LogP contribution in [-0.2, 0) is 6.42 Å². The monoisotopic (exact) mass is 248 g/mol. The highest BCUT2D eigenvalue weighted by atomic mass is 32.1. The Balaban J connectivity index is 2.04. The zero-order chi connectivity index (χ0) is 12.1. The molecule has 0 amide bonds. The van der Waals surface area contributed by atoms with Crippen molar-refractivity contribution in [3.63, 3.8) is 0 Å². The standard InChI is InChI=1S/C13H16N2OS/c1-2-14-8-7-11-9-17-13(15-11)10-3-5-12(16)6-4-10/h3-6,9,14,16H,2,7-8H2,1H3. The first kappa shape index (κ1) is 12.1. The summed E-state index contributed by atoms with van der Waals surface area (Å²) in [6, 6.07) is 7.16. The van der Waals surface area contributed by atoms with Crippen LogP contribution in [0.1, 0.15) is 12.6 Å². The third-order valence-electron chi connectivity index (χ3n) is 2.47. The molecule has 0 aliphatic heterocycles. The van der Waals surface area contributed by atoms with E-state index in [9.17, 15) is 5.11 Å². The van der Waals surface area contributed by atoms with E-state index in [1.54, 1.807) is 23.5 Å². The van der Waals surface area contributed by atoms with E-state index in [1.807, 2.05) is 12.1 Å². The number of benzene rings is 1. The van der Waals surface area contributed by atoms with E-state index in [0.29, 0.717) is 0 Å². The predicted molar refractivity (Wildman–Crippen MR) is 71.5 cm³/mol. The predicted octanol–water partition coefficient (Wildman–Crippen LogP) is 2.67. The van der Waals surface area contributed by atoms with Crippen molar-refractivity contribution < 1.29 is 5.11 Å². The minimum Gasteiger partial charge on any atom is -0.508 e. The molecule has 0 bridgehead atoms. The second-order valence-electron chi connectivity index (χ2n) is 3.79. The van der Waals surface area contributed by atoms with Gasteiger partial charge in [0.2, 0.25) is 0 Å². The lowest BCUT2D eigenvalue weighted by Crippen LogP contribution is -2.16. The molecule has 90 valence electrons. The fraction of sp³-hybridized carbons (Fsp3) is 0.308. The van der Waals surface area contributed by atoms with Gasteiger partial charge in [-0.25, -0.2) is 4.98 Å². The maximum absolute atomic E-state index is 9.23. The minimum absolute atomic E-state index is 0.290. The quantitative estimate of drug-likeness (QED) is 0.800. The largest absolute Gasteiger partial charge is 0.508 e. The fourth-order valence-electron chi connectivity index (χ4n) is 1.55. The van der Waals surface area contributed by atoms with Crippen LogP contribution in [0.3, 0.4) is 0 Å². The summed E-state index contributed by atoms with van der Waals surface area (Å²) in [6.07, 6.45) is 0.961. The molecule has 1 heterocycles. The topological polar surface area (TPSA) is 45.1 Å². The molecule has 2 rings (SSSR count). The first-order valence-electron chi connectivity index (χ1n) is 5.74. The van der Waals surface area contributed by atoms with Crippen LogP contribution >= 0.6 is 11.3 Å². The molecule has 0 aliphatic rings. The lowest BCUT2D eigenvalue weighted by Gasteiger charge is -1.98. The molecule has 0 saturated carbocycles. The molecule has 0 aliphatic carbocycles. The molecule has 0 saturated heterocycles. The number of hydrogen-bond donors (Lipinski definition) is 2. The number of phenolic OH excluding ortho intramolecular Hbond substituents is 1. The second kappa shape index (κ2) is 5.80. The van der Waals surface area contributed by atoms with Gasteiger partial charge >= 0.3 is 0 Å². The van der Waals surface area contributed by atoms with Crippen molar-refractivity contribution in [2.75, 3.05) is 13.1 Å². The molecule has 0 radical (unpaired) electrons. The average Bonchev–Trinajstić information content (AvgIpc) is 2.79. The molecular weight excluding hydrogens is 232 g/mol. The Bertz CT molecular complexity index is 465. The van der Waals surface area contributed by atoms with Gasteiger partial charge in [0.25, 0.3) is 0 Å². The SMILES string of the molecule is CCNCCc1csc(-c2ccc(O)cc2)n1. The van der Waals surface area contributed by atoms with Gasteiger partial charge in [0.15, 0.2) is 0 Å². The van der Waals surface area contributed by atoms with Crippen LogP contribution in [0.5, 0.6) is 5.75 Å². The summed E-state index contributed by atoms with van der Waals surface area (Å²) in [4.78, 5) is 4.58. The van der Waals surface area contributed by atoms with Gasteiger partial charge in [-0.15, -0.1) is 11.3 Å². The number of phenols is 1. The summed E-state index contributed by atoms with van der Waals surface area (Å²) in [5.74, 6) is 0.290. The second-order valence-corrected chi connectivity index (χ2v) is 4.65. The van der Waals surface area contributed by atoms with Crippen molar-refractivity contribution in [2.45, 2.75) is 13.3 Å². The number of hydrogen-bond acceptors (Lipinski definition) is 4. The number of likely N-dealkylation sites (N-methyl/N-ethyl adjacent to an activating group) is 1. The minimum atomic E-state index is 0.290. The Morgan fingerprint density at radius 3 is 2.76 bits per heavy atom. The molecule has 0 spiro atoms. The third-order valence-corrected chi connectivity index (χ3v) is 3.41. The van der Waals surface area contributed by atoms with Crippen molar-refractivity contribution in [1.82, 2.24) is 10.3 Å². The number of rotatable bonds is 5. The van der Waals surface area contributed by atoms with Gasteiger partial charge in [0.1, 0.15) is 10.8 Å². The highest BCUT2D eigenvalue weighted by Gasteiger charge is 2.04. The zero-order valence-corrected chi connectivity index (χ0v) is 10.6. The molecule has 1 aromatic carbocycles. The molecule has 0 fully saturated rings. The Kier molecular flexibility index (Phi) is 4.12. The lowest BCUT2D eigenvalue weighted by atomic mass is 10.2. The van der Waals surface area contributed by atoms with Crippen LogP contribution in [0.2, 0.25) is 0 Å². The van der Waals surface area contributed by atoms with Crippen molar-refractivity contribution in [2.24, 2.45) is 0 Å². The summed E-state index contributed by atoms with van der Waals surface area (Å²) in [7, 11) is 0.